The van der Waals surface area contributed by atoms with Crippen LogP contribution in [0.2, 0.25) is 0 Å². The van der Waals surface area contributed by atoms with Gasteiger partial charge >= 0.3 is 5.97 Å². The number of anilines is 2. The van der Waals surface area contributed by atoms with Gasteiger partial charge in [0.05, 0.1) is 11.3 Å². The van der Waals surface area contributed by atoms with E-state index in [1.54, 1.807) is 49.1 Å². The van der Waals surface area contributed by atoms with Gasteiger partial charge in [-0.1, -0.05) is 50.1 Å². The molecule has 0 saturated heterocycles. The van der Waals surface area contributed by atoms with Gasteiger partial charge in [-0.05, 0) is 60.2 Å². The van der Waals surface area contributed by atoms with Gasteiger partial charge in [0.2, 0.25) is 10.0 Å². The van der Waals surface area contributed by atoms with E-state index in [0.29, 0.717) is 12.2 Å². The van der Waals surface area contributed by atoms with E-state index in [1.165, 1.54) is 4.31 Å². The molecule has 1 aliphatic rings. The fourth-order valence-electron chi connectivity index (χ4n) is 4.49. The Labute approximate surface area is 211 Å². The highest BCUT2D eigenvalue weighted by molar-refractivity contribution is 7.98. The van der Waals surface area contributed by atoms with Crippen LogP contribution in [0.5, 0.6) is 0 Å². The van der Waals surface area contributed by atoms with Crippen LogP contribution >= 0.6 is 11.8 Å². The molecule has 0 fully saturated rings. The molecule has 0 aliphatic carbocycles. The topological polar surface area (TPSA) is 77.9 Å². The van der Waals surface area contributed by atoms with Gasteiger partial charge in [-0.3, -0.25) is 0 Å². The highest BCUT2D eigenvalue weighted by atomic mass is 32.2. The van der Waals surface area contributed by atoms with Crippen molar-refractivity contribution in [2.45, 2.75) is 42.0 Å². The fourth-order valence-corrected chi connectivity index (χ4v) is 6.70. The molecule has 0 saturated carbocycles. The first-order valence-electron chi connectivity index (χ1n) is 11.6. The molecule has 184 valence electrons. The molecule has 0 spiro atoms. The van der Waals surface area contributed by atoms with Gasteiger partial charge in [0.15, 0.2) is 0 Å². The van der Waals surface area contributed by atoms with E-state index in [-0.39, 0.29) is 16.5 Å². The normalized spacial score (nSPS) is 17.6. The monoisotopic (exact) mass is 510 g/mol. The summed E-state index contributed by atoms with van der Waals surface area (Å²) in [5, 5.41) is 9.26. The number of nitrogens with zero attached hydrogens (tertiary/aromatic N) is 2. The Morgan fingerprint density at radius 1 is 1.09 bits per heavy atom. The molecule has 0 aromatic heterocycles. The van der Waals surface area contributed by atoms with Crippen LogP contribution in [0.15, 0.2) is 76.5 Å². The quantitative estimate of drug-likeness (QED) is 0.387. The highest BCUT2D eigenvalue weighted by Crippen LogP contribution is 2.43. The number of carbonyl (C=O) groups is 1. The summed E-state index contributed by atoms with van der Waals surface area (Å²) in [6.45, 7) is 2.68. The zero-order chi connectivity index (χ0) is 25.2. The maximum atomic E-state index is 13.9. The Morgan fingerprint density at radius 3 is 2.37 bits per heavy atom. The molecular formula is C27H30N2O4S2. The average Bonchev–Trinajstić information content (AvgIpc) is 2.95. The van der Waals surface area contributed by atoms with Crippen molar-refractivity contribution in [2.75, 3.05) is 24.7 Å². The largest absolute Gasteiger partial charge is 0.478 e. The molecule has 1 aliphatic heterocycles. The number of rotatable bonds is 7. The first kappa shape index (κ1) is 25.3. The maximum Gasteiger partial charge on any atom is 0.335 e. The minimum absolute atomic E-state index is 0.163. The number of para-hydroxylation sites is 1. The lowest BCUT2D eigenvalue weighted by Gasteiger charge is -2.29. The SMILES string of the molecule is CCCCC1CN(c2ccccc2)c2cc(SC)c(-c3ccc(C(=O)O)cc3)cc2S(=O)(=O)N1C. The second-order valence-corrected chi connectivity index (χ2v) is 11.5. The molecular weight excluding hydrogens is 480 g/mol. The number of hydrogen-bond donors (Lipinski definition) is 1. The average molecular weight is 511 g/mol. The number of thioether (sulfide) groups is 1. The van der Waals surface area contributed by atoms with E-state index >= 15 is 0 Å². The number of carboxylic acids is 1. The van der Waals surface area contributed by atoms with Crippen LogP contribution in [0.1, 0.15) is 36.5 Å². The van der Waals surface area contributed by atoms with Crippen LogP contribution in [-0.4, -0.2) is 49.7 Å². The summed E-state index contributed by atoms with van der Waals surface area (Å²) in [6, 6.07) is 20.0. The first-order chi connectivity index (χ1) is 16.8. The van der Waals surface area contributed by atoms with E-state index < -0.39 is 16.0 Å². The van der Waals surface area contributed by atoms with Crippen LogP contribution in [0.3, 0.4) is 0 Å². The molecule has 1 unspecified atom stereocenters. The van der Waals surface area contributed by atoms with Crippen molar-refractivity contribution in [3.8, 4) is 11.1 Å². The molecule has 0 radical (unpaired) electrons. The molecule has 8 heteroatoms. The second-order valence-electron chi connectivity index (χ2n) is 8.67. The Kier molecular flexibility index (Phi) is 7.54. The van der Waals surface area contributed by atoms with Gasteiger partial charge in [0.1, 0.15) is 4.90 Å². The van der Waals surface area contributed by atoms with Crippen molar-refractivity contribution in [1.29, 1.82) is 0 Å². The number of fused-ring (bicyclic) bond motifs is 1. The molecule has 35 heavy (non-hydrogen) atoms. The number of benzene rings is 3. The number of aromatic carboxylic acids is 1. The lowest BCUT2D eigenvalue weighted by atomic mass is 10.0. The molecule has 1 heterocycles. The number of sulfonamides is 1. The summed E-state index contributed by atoms with van der Waals surface area (Å²) in [7, 11) is -2.09. The molecule has 4 rings (SSSR count). The maximum absolute atomic E-state index is 13.9. The first-order valence-corrected chi connectivity index (χ1v) is 14.3. The fraction of sp³-hybridized carbons (Fsp3) is 0.296. The smallest absolute Gasteiger partial charge is 0.335 e. The van der Waals surface area contributed by atoms with E-state index in [9.17, 15) is 18.3 Å². The lowest BCUT2D eigenvalue weighted by molar-refractivity contribution is 0.0697. The molecule has 0 amide bonds. The minimum atomic E-state index is -3.77. The van der Waals surface area contributed by atoms with Crippen molar-refractivity contribution in [1.82, 2.24) is 4.31 Å². The third kappa shape index (κ3) is 4.96. The molecule has 1 N–H and O–H groups in total. The Hall–Kier alpha value is -2.81. The summed E-state index contributed by atoms with van der Waals surface area (Å²) in [5.74, 6) is -0.996. The van der Waals surface area contributed by atoms with E-state index in [0.717, 1.165) is 41.0 Å². The molecule has 6 nitrogen and oxygen atoms in total. The lowest BCUT2D eigenvalue weighted by Crippen LogP contribution is -2.40. The molecule has 0 bridgehead atoms. The van der Waals surface area contributed by atoms with Crippen LogP contribution in [-0.2, 0) is 10.0 Å². The number of unbranched alkanes of at least 4 members (excludes halogenated alkanes) is 1. The second kappa shape index (κ2) is 10.4. The Bertz CT molecular complexity index is 1310. The van der Waals surface area contributed by atoms with Crippen LogP contribution < -0.4 is 4.90 Å². The predicted octanol–water partition coefficient (Wildman–Crippen LogP) is 6.10. The number of carboxylic acid groups (broad SMARTS) is 1. The summed E-state index contributed by atoms with van der Waals surface area (Å²) in [4.78, 5) is 14.6. The molecule has 3 aromatic carbocycles. The van der Waals surface area contributed by atoms with Gasteiger partial charge in [-0.15, -0.1) is 11.8 Å². The van der Waals surface area contributed by atoms with Crippen molar-refractivity contribution >= 4 is 39.1 Å². The van der Waals surface area contributed by atoms with E-state index in [2.05, 4.69) is 11.8 Å². The van der Waals surface area contributed by atoms with E-state index in [1.807, 2.05) is 42.7 Å². The van der Waals surface area contributed by atoms with Crippen molar-refractivity contribution < 1.29 is 18.3 Å². The number of hydrogen-bond acceptors (Lipinski definition) is 5. The summed E-state index contributed by atoms with van der Waals surface area (Å²) in [6.07, 6.45) is 4.68. The summed E-state index contributed by atoms with van der Waals surface area (Å²) >= 11 is 1.54. The zero-order valence-corrected chi connectivity index (χ0v) is 21.8. The van der Waals surface area contributed by atoms with Crippen LogP contribution in [0.25, 0.3) is 11.1 Å². The summed E-state index contributed by atoms with van der Waals surface area (Å²) < 4.78 is 29.4. The molecule has 1 atom stereocenters. The van der Waals surface area contributed by atoms with Gasteiger partial charge in [-0.25, -0.2) is 13.2 Å². The van der Waals surface area contributed by atoms with Crippen molar-refractivity contribution in [3.05, 3.63) is 72.3 Å². The Morgan fingerprint density at radius 2 is 1.77 bits per heavy atom. The number of likely N-dealkylation sites (N-methyl/N-ethyl adjacent to an activating group) is 1. The molecule has 3 aromatic rings. The minimum Gasteiger partial charge on any atom is -0.478 e. The van der Waals surface area contributed by atoms with Gasteiger partial charge < -0.3 is 10.0 Å². The third-order valence-corrected chi connectivity index (χ3v) is 9.25. The van der Waals surface area contributed by atoms with E-state index in [4.69, 9.17) is 0 Å². The van der Waals surface area contributed by atoms with Crippen molar-refractivity contribution in [2.24, 2.45) is 0 Å². The highest BCUT2D eigenvalue weighted by Gasteiger charge is 2.37. The standard InChI is InChI=1S/C27H30N2O4S2/c1-4-5-9-22-18-29(21-10-7-6-8-11-21)24-17-25(34-3)23(16-26(24)35(32,33)28(22)2)19-12-14-20(15-13-19)27(30)31/h6-8,10-17,22H,4-5,9,18H2,1-3H3,(H,30,31). The van der Waals surface area contributed by atoms with Crippen LogP contribution in [0, 0.1) is 0 Å². The van der Waals surface area contributed by atoms with Gasteiger partial charge in [-0.2, -0.15) is 4.31 Å². The van der Waals surface area contributed by atoms with Gasteiger partial charge in [0, 0.05) is 30.2 Å². The predicted molar refractivity (Wildman–Crippen MR) is 142 cm³/mol. The summed E-state index contributed by atoms with van der Waals surface area (Å²) in [5.41, 5.74) is 3.35. The van der Waals surface area contributed by atoms with Crippen LogP contribution in [0.4, 0.5) is 11.4 Å². The zero-order valence-electron chi connectivity index (χ0n) is 20.1. The third-order valence-electron chi connectivity index (χ3n) is 6.54. The van der Waals surface area contributed by atoms with Crippen molar-refractivity contribution in [3.63, 3.8) is 0 Å². The Balaban J connectivity index is 1.94. The van der Waals surface area contributed by atoms with Gasteiger partial charge in [0.25, 0.3) is 0 Å².